The molecule has 0 spiro atoms. The van der Waals surface area contributed by atoms with E-state index in [0.717, 1.165) is 66.9 Å². The van der Waals surface area contributed by atoms with Crippen LogP contribution in [0.1, 0.15) is 54.1 Å². The smallest absolute Gasteiger partial charge is 0.254 e. The van der Waals surface area contributed by atoms with Gasteiger partial charge < -0.3 is 9.47 Å². The van der Waals surface area contributed by atoms with E-state index in [1.165, 1.54) is 6.42 Å². The number of amides is 1. The maximum Gasteiger partial charge on any atom is 0.254 e. The van der Waals surface area contributed by atoms with Crippen molar-refractivity contribution in [3.05, 3.63) is 35.5 Å². The summed E-state index contributed by atoms with van der Waals surface area (Å²) in [6, 6.07) is 3.73. The number of hydrogen-bond acceptors (Lipinski definition) is 5. The summed E-state index contributed by atoms with van der Waals surface area (Å²) in [5, 5.41) is 9.66. The second-order valence-corrected chi connectivity index (χ2v) is 7.90. The number of piperidine rings is 1. The van der Waals surface area contributed by atoms with Crippen molar-refractivity contribution in [2.24, 2.45) is 0 Å². The highest BCUT2D eigenvalue weighted by Gasteiger charge is 2.29. The van der Waals surface area contributed by atoms with Crippen LogP contribution in [0.2, 0.25) is 0 Å². The number of aromatic nitrogens is 4. The fourth-order valence-corrected chi connectivity index (χ4v) is 4.41. The van der Waals surface area contributed by atoms with E-state index in [0.29, 0.717) is 5.92 Å². The second kappa shape index (κ2) is 7.15. The summed E-state index contributed by atoms with van der Waals surface area (Å²) in [5.74, 6) is 3.76. The Kier molecular flexibility index (Phi) is 4.74. The summed E-state index contributed by atoms with van der Waals surface area (Å²) >= 11 is 1.66. The summed E-state index contributed by atoms with van der Waals surface area (Å²) in [7, 11) is 0. The van der Waals surface area contributed by atoms with Crippen LogP contribution in [0.25, 0.3) is 0 Å². The van der Waals surface area contributed by atoms with Gasteiger partial charge >= 0.3 is 0 Å². The molecule has 6 nitrogen and oxygen atoms in total. The van der Waals surface area contributed by atoms with E-state index in [2.05, 4.69) is 26.7 Å². The second-order valence-electron chi connectivity index (χ2n) is 6.61. The number of rotatable bonds is 4. The Morgan fingerprint density at radius 1 is 1.28 bits per heavy atom. The number of nitrogens with zero attached hydrogens (tertiary/aromatic N) is 5. The highest BCUT2D eigenvalue weighted by atomic mass is 32.2. The van der Waals surface area contributed by atoms with Crippen LogP contribution in [-0.2, 0) is 13.0 Å². The zero-order valence-corrected chi connectivity index (χ0v) is 15.3. The molecule has 0 N–H and O–H groups in total. The highest BCUT2D eigenvalue weighted by Crippen LogP contribution is 2.30. The predicted molar refractivity (Wildman–Crippen MR) is 96.9 cm³/mol. The third kappa shape index (κ3) is 3.29. The molecule has 1 amide bonds. The first-order valence-corrected chi connectivity index (χ1v) is 10.0. The van der Waals surface area contributed by atoms with Crippen molar-refractivity contribution >= 4 is 17.7 Å². The molecule has 2 aromatic rings. The first-order valence-electron chi connectivity index (χ1n) is 9.06. The van der Waals surface area contributed by atoms with Crippen molar-refractivity contribution in [3.8, 4) is 0 Å². The summed E-state index contributed by atoms with van der Waals surface area (Å²) in [5.41, 5.74) is 0.743. The predicted octanol–water partition coefficient (Wildman–Crippen LogP) is 2.75. The molecule has 4 heterocycles. The zero-order valence-electron chi connectivity index (χ0n) is 14.5. The highest BCUT2D eigenvalue weighted by molar-refractivity contribution is 7.99. The van der Waals surface area contributed by atoms with E-state index >= 15 is 0 Å². The first-order chi connectivity index (χ1) is 12.3. The van der Waals surface area contributed by atoms with E-state index in [1.54, 1.807) is 18.0 Å². The van der Waals surface area contributed by atoms with Crippen molar-refractivity contribution in [1.29, 1.82) is 0 Å². The molecule has 4 rings (SSSR count). The van der Waals surface area contributed by atoms with Gasteiger partial charge in [0.05, 0.1) is 5.03 Å². The Morgan fingerprint density at radius 2 is 2.12 bits per heavy atom. The van der Waals surface area contributed by atoms with Gasteiger partial charge in [-0.1, -0.05) is 6.92 Å². The van der Waals surface area contributed by atoms with Gasteiger partial charge in [0.2, 0.25) is 0 Å². The molecule has 7 heteroatoms. The Morgan fingerprint density at radius 3 is 2.92 bits per heavy atom. The minimum atomic E-state index is 0.116. The van der Waals surface area contributed by atoms with Gasteiger partial charge in [0.1, 0.15) is 11.6 Å². The topological polar surface area (TPSA) is 63.9 Å². The summed E-state index contributed by atoms with van der Waals surface area (Å²) in [6.07, 6.45) is 5.88. The molecular weight excluding hydrogens is 334 g/mol. The molecule has 2 aliphatic rings. The van der Waals surface area contributed by atoms with Crippen LogP contribution < -0.4 is 0 Å². The normalized spacial score (nSPS) is 17.7. The average molecular weight is 357 g/mol. The third-order valence-electron chi connectivity index (χ3n) is 5.06. The number of hydrogen-bond donors (Lipinski definition) is 0. The largest absolute Gasteiger partial charge is 0.339 e. The quantitative estimate of drug-likeness (QED) is 0.787. The lowest BCUT2D eigenvalue weighted by atomic mass is 9.95. The van der Waals surface area contributed by atoms with Crippen LogP contribution in [-0.4, -0.2) is 49.4 Å². The number of fused-ring (bicyclic) bond motifs is 1. The number of thioether (sulfide) groups is 1. The van der Waals surface area contributed by atoms with Gasteiger partial charge in [0, 0.05) is 43.7 Å². The first kappa shape index (κ1) is 16.6. The van der Waals surface area contributed by atoms with Crippen LogP contribution >= 0.6 is 11.8 Å². The fourth-order valence-electron chi connectivity index (χ4n) is 3.77. The van der Waals surface area contributed by atoms with Gasteiger partial charge in [-0.15, -0.1) is 22.0 Å². The zero-order chi connectivity index (χ0) is 17.2. The number of likely N-dealkylation sites (tertiary alicyclic amines) is 1. The maximum absolute atomic E-state index is 12.8. The van der Waals surface area contributed by atoms with Crippen molar-refractivity contribution in [2.75, 3.05) is 18.8 Å². The Balaban J connectivity index is 1.41. The molecule has 0 aromatic carbocycles. The van der Waals surface area contributed by atoms with E-state index < -0.39 is 0 Å². The Bertz CT molecular complexity index is 767. The molecule has 2 aliphatic heterocycles. The van der Waals surface area contributed by atoms with Crippen LogP contribution in [0.3, 0.4) is 0 Å². The summed E-state index contributed by atoms with van der Waals surface area (Å²) in [6.45, 7) is 4.70. The summed E-state index contributed by atoms with van der Waals surface area (Å²) in [4.78, 5) is 19.1. The molecule has 0 atom stereocenters. The molecule has 132 valence electrons. The fraction of sp³-hybridized carbons (Fsp3) is 0.556. The van der Waals surface area contributed by atoms with Crippen LogP contribution in [0, 0.1) is 0 Å². The minimum Gasteiger partial charge on any atom is -0.339 e. The van der Waals surface area contributed by atoms with Gasteiger partial charge in [-0.2, -0.15) is 0 Å². The van der Waals surface area contributed by atoms with Gasteiger partial charge in [0.25, 0.3) is 5.91 Å². The van der Waals surface area contributed by atoms with Crippen LogP contribution in [0.4, 0.5) is 0 Å². The lowest BCUT2D eigenvalue weighted by molar-refractivity contribution is 0.0710. The van der Waals surface area contributed by atoms with Gasteiger partial charge in [0.15, 0.2) is 0 Å². The molecule has 0 unspecified atom stereocenters. The van der Waals surface area contributed by atoms with Crippen molar-refractivity contribution in [1.82, 2.24) is 24.6 Å². The lowest BCUT2D eigenvalue weighted by Gasteiger charge is -2.31. The minimum absolute atomic E-state index is 0.116. The molecule has 0 saturated carbocycles. The Hall–Kier alpha value is -1.89. The SMILES string of the molecule is CCSc1cc(C(=O)N2CCC(c3nnc4n3CCC4)CC2)ccn1. The van der Waals surface area contributed by atoms with Crippen molar-refractivity contribution < 1.29 is 4.79 Å². The molecule has 1 fully saturated rings. The number of carbonyl (C=O) groups excluding carboxylic acids is 1. The molecule has 2 aromatic heterocycles. The van der Waals surface area contributed by atoms with Crippen LogP contribution in [0.15, 0.2) is 23.4 Å². The lowest BCUT2D eigenvalue weighted by Crippen LogP contribution is -2.38. The molecular formula is C18H23N5OS. The van der Waals surface area contributed by atoms with Crippen molar-refractivity contribution in [2.45, 2.75) is 50.1 Å². The number of aryl methyl sites for hydroxylation is 1. The molecule has 0 bridgehead atoms. The standard InChI is InChI=1S/C18H23N5OS/c1-2-25-16-12-14(5-8-19-16)18(24)22-10-6-13(7-11-22)17-21-20-15-4-3-9-23(15)17/h5,8,12-13H,2-4,6-7,9-11H2,1H3. The van der Waals surface area contributed by atoms with Gasteiger partial charge in [-0.3, -0.25) is 4.79 Å². The third-order valence-corrected chi connectivity index (χ3v) is 5.87. The molecule has 25 heavy (non-hydrogen) atoms. The molecule has 0 radical (unpaired) electrons. The van der Waals surface area contributed by atoms with Crippen molar-refractivity contribution in [3.63, 3.8) is 0 Å². The van der Waals surface area contributed by atoms with E-state index in [1.807, 2.05) is 17.0 Å². The number of carbonyl (C=O) groups is 1. The van der Waals surface area contributed by atoms with Gasteiger partial charge in [-0.05, 0) is 37.1 Å². The van der Waals surface area contributed by atoms with E-state index in [9.17, 15) is 4.79 Å². The van der Waals surface area contributed by atoms with E-state index in [-0.39, 0.29) is 5.91 Å². The summed E-state index contributed by atoms with van der Waals surface area (Å²) < 4.78 is 2.29. The molecule has 1 saturated heterocycles. The number of pyridine rings is 1. The molecule has 0 aliphatic carbocycles. The van der Waals surface area contributed by atoms with E-state index in [4.69, 9.17) is 0 Å². The van der Waals surface area contributed by atoms with Crippen LogP contribution in [0.5, 0.6) is 0 Å². The van der Waals surface area contributed by atoms with Gasteiger partial charge in [-0.25, -0.2) is 4.98 Å². The maximum atomic E-state index is 12.8. The average Bonchev–Trinajstić information content (AvgIpc) is 3.25. The monoisotopic (exact) mass is 357 g/mol. The Labute approximate surface area is 152 Å².